The zero-order valence-corrected chi connectivity index (χ0v) is 38.1. The minimum absolute atomic E-state index is 0.0371. The molecule has 2 atom stereocenters. The molecule has 1 amide bonds. The van der Waals surface area contributed by atoms with Crippen molar-refractivity contribution < 1.29 is 57.8 Å². The zero-order valence-electron chi connectivity index (χ0n) is 33.5. The highest BCUT2D eigenvalue weighted by Crippen LogP contribution is 2.51. The lowest BCUT2D eigenvalue weighted by atomic mass is 9.76. The predicted molar refractivity (Wildman–Crippen MR) is 235 cm³/mol. The van der Waals surface area contributed by atoms with E-state index >= 15 is 0 Å². The molecule has 2 aliphatic rings. The first kappa shape index (κ1) is 48.4. The molecular weight excluding hydrogens is 938 g/mol. The van der Waals surface area contributed by atoms with E-state index in [0.29, 0.717) is 56.8 Å². The predicted octanol–water partition coefficient (Wildman–Crippen LogP) is 6.24. The number of nitrogens with one attached hydrogen (secondary N) is 1. The molecule has 2 aliphatic heterocycles. The van der Waals surface area contributed by atoms with Gasteiger partial charge in [0.2, 0.25) is 11.6 Å². The third-order valence-electron chi connectivity index (χ3n) is 10.8. The number of nitrogens with zero attached hydrogens (tertiary/aromatic N) is 2. The molecule has 0 saturated heterocycles. The van der Waals surface area contributed by atoms with Crippen molar-refractivity contribution in [1.82, 2.24) is 3.53 Å². The highest BCUT2D eigenvalue weighted by atomic mass is 127. The van der Waals surface area contributed by atoms with Crippen molar-refractivity contribution in [3.63, 3.8) is 0 Å². The lowest BCUT2D eigenvalue weighted by Crippen LogP contribution is -2.33. The zero-order chi connectivity index (χ0) is 43.6. The first-order valence-corrected chi connectivity index (χ1v) is 24.5. The second-order valence-electron chi connectivity index (χ2n) is 14.8. The fourth-order valence-corrected chi connectivity index (χ4v) is 9.55. The van der Waals surface area contributed by atoms with E-state index in [-0.39, 0.29) is 28.5 Å². The Labute approximate surface area is 361 Å². The summed E-state index contributed by atoms with van der Waals surface area (Å²) in [7, 11) is -10.1. The van der Waals surface area contributed by atoms with Crippen molar-refractivity contribution in [1.29, 1.82) is 0 Å². The number of methoxy groups -OCH3 is 2. The number of ether oxygens (including phenoxy) is 2. The standard InChI is InChI=1S/C40H52IN3O12S3/c1-39(21-13-27-57(46,47)48)32-28-30(58(49,50)51)18-20-35(32)44(24-26-56-4)36(39)14-9-6-5-7-10-15-37-40(2,22-25-55-3)33-29-31(59(52,53)54)17-19-34(33)43(37)23-12-8-11-16-38(45)42-41/h5-7,9-10,14-15,17-20,28-29H,8,11-13,16,21-27H2,1-4H3,(H3-,42,45,46,47,48,49,50,51,52,53,54)/p+1. The number of hydrogen-bond donors (Lipinski definition) is 4. The number of carbonyl (C=O) groups is 1. The Kier molecular flexibility index (Phi) is 16.8. The molecule has 2 heterocycles. The number of carbonyl (C=O) groups excluding carboxylic acids is 1. The van der Waals surface area contributed by atoms with Gasteiger partial charge in [0.05, 0.1) is 50.4 Å². The highest BCUT2D eigenvalue weighted by Gasteiger charge is 2.48. The summed E-state index contributed by atoms with van der Waals surface area (Å²) >= 11 is 1.82. The Hall–Kier alpha value is -3.28. The van der Waals surface area contributed by atoms with Crippen LogP contribution in [0.2, 0.25) is 0 Å². The van der Waals surface area contributed by atoms with E-state index in [1.54, 1.807) is 38.5 Å². The summed E-state index contributed by atoms with van der Waals surface area (Å²) in [4.78, 5) is 13.2. The van der Waals surface area contributed by atoms with E-state index < -0.39 is 46.9 Å². The number of hydrogen-bond acceptors (Lipinski definition) is 10. The number of allylic oxidation sites excluding steroid dienone is 8. The summed E-state index contributed by atoms with van der Waals surface area (Å²) < 4.78 is 117. The van der Waals surface area contributed by atoms with Gasteiger partial charge in [0.15, 0.2) is 5.71 Å². The van der Waals surface area contributed by atoms with Gasteiger partial charge in [0.25, 0.3) is 30.4 Å². The van der Waals surface area contributed by atoms with Crippen molar-refractivity contribution in [2.75, 3.05) is 51.2 Å². The van der Waals surface area contributed by atoms with Gasteiger partial charge in [-0.25, -0.2) is 0 Å². The molecule has 2 unspecified atom stereocenters. The number of halogens is 1. The second kappa shape index (κ2) is 20.5. The van der Waals surface area contributed by atoms with Gasteiger partial charge in [-0.3, -0.25) is 22.0 Å². The van der Waals surface area contributed by atoms with Crippen LogP contribution in [0, 0.1) is 0 Å². The monoisotopic (exact) mass is 990 g/mol. The van der Waals surface area contributed by atoms with Gasteiger partial charge in [-0.1, -0.05) is 30.4 Å². The van der Waals surface area contributed by atoms with E-state index in [4.69, 9.17) is 9.47 Å². The Balaban J connectivity index is 1.70. The van der Waals surface area contributed by atoms with Gasteiger partial charge in [-0.15, -0.1) is 0 Å². The Morgan fingerprint density at radius 2 is 1.42 bits per heavy atom. The first-order valence-electron chi connectivity index (χ1n) is 18.9. The van der Waals surface area contributed by atoms with Crippen molar-refractivity contribution in [3.05, 3.63) is 95.8 Å². The molecule has 0 radical (unpaired) electrons. The van der Waals surface area contributed by atoms with Crippen LogP contribution in [0.1, 0.15) is 69.9 Å². The van der Waals surface area contributed by atoms with E-state index in [2.05, 4.69) is 8.11 Å². The Bertz CT molecular complexity index is 2360. The van der Waals surface area contributed by atoms with E-state index in [1.807, 2.05) is 72.0 Å². The third-order valence-corrected chi connectivity index (χ3v) is 13.9. The maximum Gasteiger partial charge on any atom is 0.294 e. The van der Waals surface area contributed by atoms with Crippen LogP contribution >= 0.6 is 22.9 Å². The van der Waals surface area contributed by atoms with Crippen LogP contribution < -0.4 is 8.43 Å². The van der Waals surface area contributed by atoms with Crippen molar-refractivity contribution in [2.24, 2.45) is 0 Å². The molecule has 4 rings (SSSR count). The average Bonchev–Trinajstić information content (AvgIpc) is 3.53. The van der Waals surface area contributed by atoms with Gasteiger partial charge >= 0.3 is 0 Å². The fourth-order valence-electron chi connectivity index (χ4n) is 7.75. The molecule has 0 bridgehead atoms. The van der Waals surface area contributed by atoms with Gasteiger partial charge in [0, 0.05) is 74.7 Å². The van der Waals surface area contributed by atoms with Crippen LogP contribution in [0.4, 0.5) is 11.4 Å². The molecule has 59 heavy (non-hydrogen) atoms. The van der Waals surface area contributed by atoms with Crippen molar-refractivity contribution in [3.8, 4) is 0 Å². The largest absolute Gasteiger partial charge is 0.385 e. The summed E-state index contributed by atoms with van der Waals surface area (Å²) in [5, 5.41) is 0. The summed E-state index contributed by atoms with van der Waals surface area (Å²) in [6, 6.07) is 8.91. The second-order valence-corrected chi connectivity index (χ2v) is 19.7. The van der Waals surface area contributed by atoms with Crippen molar-refractivity contribution in [2.45, 2.75) is 79.4 Å². The summed E-state index contributed by atoms with van der Waals surface area (Å²) in [6.45, 7) is 5.56. The topological polar surface area (TPSA) is 217 Å². The third kappa shape index (κ3) is 12.2. The number of benzene rings is 2. The lowest BCUT2D eigenvalue weighted by molar-refractivity contribution is -0.438. The normalized spacial score (nSPS) is 20.5. The van der Waals surface area contributed by atoms with Crippen LogP contribution in [0.25, 0.3) is 0 Å². The highest BCUT2D eigenvalue weighted by molar-refractivity contribution is 14.1. The maximum atomic E-state index is 12.2. The van der Waals surface area contributed by atoms with E-state index in [0.717, 1.165) is 35.5 Å². The molecule has 2 aromatic rings. The Morgan fingerprint density at radius 3 is 2.05 bits per heavy atom. The van der Waals surface area contributed by atoms with Crippen LogP contribution in [0.3, 0.4) is 0 Å². The molecule has 2 aromatic carbocycles. The van der Waals surface area contributed by atoms with Crippen LogP contribution in [0.5, 0.6) is 0 Å². The summed E-state index contributed by atoms with van der Waals surface area (Å²) in [5.74, 6) is -0.526. The SMILES string of the molecule is COCCN1/C(=C/C=C/C=C/C=C/C2=[N+](CCCCCC(=O)NI)c3ccc(S(=O)(=O)O)cc3C2(C)CCOC)C(C)(CCCS(=O)(=O)O)c2cc(S(=O)(=O)O)ccc21. The molecule has 15 nitrogen and oxygen atoms in total. The molecular formula is C40H53IN3O12S3+. The molecule has 0 spiro atoms. The maximum absolute atomic E-state index is 12.2. The van der Waals surface area contributed by atoms with E-state index in [9.17, 15) is 43.7 Å². The molecule has 0 saturated carbocycles. The van der Waals surface area contributed by atoms with Gasteiger partial charge in [-0.05, 0) is 87.9 Å². The number of amides is 1. The lowest BCUT2D eigenvalue weighted by Gasteiger charge is -2.30. The number of unbranched alkanes of at least 4 members (excludes halogenated alkanes) is 2. The molecule has 19 heteroatoms. The molecule has 0 aromatic heterocycles. The summed E-state index contributed by atoms with van der Waals surface area (Å²) in [6.07, 6.45) is 16.4. The molecule has 324 valence electrons. The Morgan fingerprint density at radius 1 is 0.797 bits per heavy atom. The first-order chi connectivity index (χ1) is 27.7. The number of rotatable bonds is 22. The van der Waals surface area contributed by atoms with Gasteiger partial charge in [-0.2, -0.15) is 29.8 Å². The smallest absolute Gasteiger partial charge is 0.294 e. The van der Waals surface area contributed by atoms with Crippen LogP contribution in [-0.4, -0.2) is 101 Å². The molecule has 0 fully saturated rings. The van der Waals surface area contributed by atoms with Crippen molar-refractivity contribution >= 4 is 76.2 Å². The molecule has 0 aliphatic carbocycles. The summed E-state index contributed by atoms with van der Waals surface area (Å²) in [5.41, 5.74) is 2.84. The van der Waals surface area contributed by atoms with E-state index in [1.165, 1.54) is 24.3 Å². The quantitative estimate of drug-likeness (QED) is 0.0257. The number of fused-ring (bicyclic) bond motifs is 2. The van der Waals surface area contributed by atoms with Crippen LogP contribution in [-0.2, 0) is 55.5 Å². The molecule has 4 N–H and O–H groups in total. The minimum Gasteiger partial charge on any atom is -0.385 e. The average molecular weight is 991 g/mol. The minimum atomic E-state index is -4.54. The van der Waals surface area contributed by atoms with Gasteiger partial charge < -0.3 is 14.4 Å². The fraction of sp³-hybridized carbons (Fsp3) is 0.450. The van der Waals surface area contributed by atoms with Gasteiger partial charge in [0.1, 0.15) is 6.54 Å². The van der Waals surface area contributed by atoms with Crippen LogP contribution in [0.15, 0.2) is 94.4 Å². The number of anilines is 1.